The van der Waals surface area contributed by atoms with Gasteiger partial charge in [0.2, 0.25) is 0 Å². The minimum Gasteiger partial charge on any atom is -0.303 e. The highest BCUT2D eigenvalue weighted by atomic mass is 32.2. The van der Waals surface area contributed by atoms with Crippen LogP contribution >= 0.6 is 11.3 Å². The van der Waals surface area contributed by atoms with Gasteiger partial charge in [0.05, 0.1) is 0 Å². The van der Waals surface area contributed by atoms with Crippen LogP contribution in [0.3, 0.4) is 0 Å². The van der Waals surface area contributed by atoms with E-state index in [1.165, 1.54) is 29.7 Å². The molecule has 3 heterocycles. The number of hydrogen-bond acceptors (Lipinski definition) is 5. The predicted octanol–water partition coefficient (Wildman–Crippen LogP) is 3.93. The van der Waals surface area contributed by atoms with E-state index < -0.39 is 10.0 Å². The van der Waals surface area contributed by atoms with Crippen molar-refractivity contribution in [3.8, 4) is 0 Å². The van der Waals surface area contributed by atoms with Crippen LogP contribution in [0.1, 0.15) is 37.7 Å². The van der Waals surface area contributed by atoms with E-state index in [9.17, 15) is 8.42 Å². The van der Waals surface area contributed by atoms with Crippen LogP contribution in [0.4, 0.5) is 0 Å². The highest BCUT2D eigenvalue weighted by Crippen LogP contribution is 2.27. The van der Waals surface area contributed by atoms with E-state index in [-0.39, 0.29) is 6.04 Å². The third-order valence-electron chi connectivity index (χ3n) is 6.64. The topological polar surface area (TPSA) is 43.9 Å². The molecule has 0 radical (unpaired) electrons. The molecule has 0 N–H and O–H groups in total. The fourth-order valence-electron chi connectivity index (χ4n) is 4.85. The average molecular weight is 462 g/mol. The molecule has 1 aromatic heterocycles. The van der Waals surface area contributed by atoms with E-state index in [1.807, 2.05) is 15.8 Å². The first-order valence-electron chi connectivity index (χ1n) is 11.7. The van der Waals surface area contributed by atoms with Gasteiger partial charge in [-0.25, -0.2) is 8.42 Å². The Labute approximate surface area is 191 Å². The van der Waals surface area contributed by atoms with Crippen molar-refractivity contribution < 1.29 is 8.42 Å². The Hall–Kier alpha value is -1.25. The minimum absolute atomic E-state index is 0.111. The van der Waals surface area contributed by atoms with Crippen molar-refractivity contribution in [2.24, 2.45) is 0 Å². The van der Waals surface area contributed by atoms with Gasteiger partial charge in [-0.15, -0.1) is 11.3 Å². The molecule has 2 aliphatic heterocycles. The number of thiophene rings is 1. The van der Waals surface area contributed by atoms with Crippen LogP contribution in [0.15, 0.2) is 52.1 Å². The molecule has 0 amide bonds. The normalized spacial score (nSPS) is 19.4. The molecule has 2 saturated heterocycles. The molecule has 2 aliphatic rings. The lowest BCUT2D eigenvalue weighted by molar-refractivity contribution is 0.151. The van der Waals surface area contributed by atoms with E-state index in [4.69, 9.17) is 0 Å². The fraction of sp³-hybridized carbons (Fsp3) is 0.583. The summed E-state index contributed by atoms with van der Waals surface area (Å²) in [6, 6.07) is 14.4. The summed E-state index contributed by atoms with van der Waals surface area (Å²) in [6.45, 7) is 6.73. The quantitative estimate of drug-likeness (QED) is 0.538. The lowest BCUT2D eigenvalue weighted by atomic mass is 10.0. The summed E-state index contributed by atoms with van der Waals surface area (Å²) in [5.74, 6) is 0. The monoisotopic (exact) mass is 461 g/mol. The maximum atomic E-state index is 13.4. The van der Waals surface area contributed by atoms with Crippen LogP contribution < -0.4 is 0 Å². The molecule has 5 nitrogen and oxygen atoms in total. The molecule has 0 unspecified atom stereocenters. The number of rotatable bonds is 10. The molecule has 0 bridgehead atoms. The summed E-state index contributed by atoms with van der Waals surface area (Å²) < 4.78 is 29.1. The molecule has 7 heteroatoms. The van der Waals surface area contributed by atoms with Crippen LogP contribution in [0.25, 0.3) is 0 Å². The van der Waals surface area contributed by atoms with Crippen LogP contribution in [-0.4, -0.2) is 74.4 Å². The van der Waals surface area contributed by atoms with Gasteiger partial charge in [-0.2, -0.15) is 4.31 Å². The van der Waals surface area contributed by atoms with Crippen LogP contribution in [0.2, 0.25) is 0 Å². The van der Waals surface area contributed by atoms with E-state index in [0.717, 1.165) is 65.0 Å². The first kappa shape index (κ1) is 22.9. The van der Waals surface area contributed by atoms with E-state index >= 15 is 0 Å². The number of likely N-dealkylation sites (tertiary alicyclic amines) is 2. The zero-order chi connectivity index (χ0) is 21.5. The second kappa shape index (κ2) is 11.1. The Morgan fingerprint density at radius 3 is 2.29 bits per heavy atom. The molecule has 1 aromatic carbocycles. The van der Waals surface area contributed by atoms with Gasteiger partial charge in [-0.05, 0) is 88.3 Å². The highest BCUT2D eigenvalue weighted by molar-refractivity contribution is 7.91. The van der Waals surface area contributed by atoms with Gasteiger partial charge in [0, 0.05) is 19.1 Å². The molecule has 0 saturated carbocycles. The Balaban J connectivity index is 1.32. The summed E-state index contributed by atoms with van der Waals surface area (Å²) in [6.07, 6.45) is 6.58. The van der Waals surface area contributed by atoms with Crippen molar-refractivity contribution in [2.45, 2.75) is 48.8 Å². The molecule has 0 aliphatic carbocycles. The fourth-order valence-corrected chi connectivity index (χ4v) is 7.65. The first-order chi connectivity index (χ1) is 15.1. The zero-order valence-electron chi connectivity index (χ0n) is 18.4. The van der Waals surface area contributed by atoms with Gasteiger partial charge in [0.1, 0.15) is 4.21 Å². The van der Waals surface area contributed by atoms with Crippen molar-refractivity contribution in [3.05, 3.63) is 53.4 Å². The third-order valence-corrected chi connectivity index (χ3v) is 9.97. The predicted molar refractivity (Wildman–Crippen MR) is 128 cm³/mol. The van der Waals surface area contributed by atoms with Crippen molar-refractivity contribution in [3.63, 3.8) is 0 Å². The second-order valence-electron chi connectivity index (χ2n) is 8.76. The van der Waals surface area contributed by atoms with Gasteiger partial charge in [0.25, 0.3) is 10.0 Å². The molecular formula is C24H35N3O2S2. The van der Waals surface area contributed by atoms with Crippen LogP contribution in [0.5, 0.6) is 0 Å². The smallest absolute Gasteiger partial charge is 0.252 e. The lowest BCUT2D eigenvalue weighted by Crippen LogP contribution is -2.49. The summed E-state index contributed by atoms with van der Waals surface area (Å²) in [5, 5.41) is 1.86. The summed E-state index contributed by atoms with van der Waals surface area (Å²) in [7, 11) is -3.41. The van der Waals surface area contributed by atoms with Gasteiger partial charge in [-0.1, -0.05) is 36.4 Å². The second-order valence-corrected chi connectivity index (χ2v) is 11.8. The Morgan fingerprint density at radius 1 is 0.903 bits per heavy atom. The summed E-state index contributed by atoms with van der Waals surface area (Å²) >= 11 is 1.34. The Kier molecular flexibility index (Phi) is 8.18. The van der Waals surface area contributed by atoms with E-state index in [0.29, 0.717) is 10.8 Å². The zero-order valence-corrected chi connectivity index (χ0v) is 20.0. The minimum atomic E-state index is -3.41. The van der Waals surface area contributed by atoms with Crippen molar-refractivity contribution in [2.75, 3.05) is 45.8 Å². The molecule has 0 spiro atoms. The van der Waals surface area contributed by atoms with Gasteiger partial charge in [-0.3, -0.25) is 0 Å². The van der Waals surface area contributed by atoms with Gasteiger partial charge < -0.3 is 9.80 Å². The maximum Gasteiger partial charge on any atom is 0.252 e. The molecule has 0 atom stereocenters. The molecule has 170 valence electrons. The van der Waals surface area contributed by atoms with E-state index in [1.54, 1.807) is 6.07 Å². The summed E-state index contributed by atoms with van der Waals surface area (Å²) in [4.78, 5) is 4.92. The van der Waals surface area contributed by atoms with Crippen LogP contribution in [0, 0.1) is 0 Å². The first-order valence-corrected chi connectivity index (χ1v) is 14.0. The number of aryl methyl sites for hydroxylation is 1. The molecule has 2 fully saturated rings. The van der Waals surface area contributed by atoms with Gasteiger partial charge in [0.15, 0.2) is 0 Å². The van der Waals surface area contributed by atoms with Crippen LogP contribution in [-0.2, 0) is 16.4 Å². The highest BCUT2D eigenvalue weighted by Gasteiger charge is 2.34. The molecule has 31 heavy (non-hydrogen) atoms. The van der Waals surface area contributed by atoms with Crippen molar-refractivity contribution in [1.29, 1.82) is 0 Å². The number of benzene rings is 1. The number of piperidine rings is 1. The average Bonchev–Trinajstić information content (AvgIpc) is 3.50. The molecule has 2 aromatic rings. The SMILES string of the molecule is O=S(=O)(c1cccs1)N(CCN1CCCC1)C1CCN(CCCc2ccccc2)CC1. The Bertz CT molecular complexity index is 873. The van der Waals surface area contributed by atoms with Crippen molar-refractivity contribution >= 4 is 21.4 Å². The van der Waals surface area contributed by atoms with E-state index in [2.05, 4.69) is 40.1 Å². The third kappa shape index (κ3) is 6.17. The number of hydrogen-bond donors (Lipinski definition) is 0. The Morgan fingerprint density at radius 2 is 1.61 bits per heavy atom. The summed E-state index contributed by atoms with van der Waals surface area (Å²) in [5.41, 5.74) is 1.40. The number of sulfonamides is 1. The molecule has 4 rings (SSSR count). The molecular weight excluding hydrogens is 426 g/mol. The standard InChI is InChI=1S/C24H35N3O2S2/c28-31(29,24-11-7-21-30-24)27(20-19-25-14-4-5-15-25)23-12-17-26(18-13-23)16-6-10-22-8-2-1-3-9-22/h1-3,7-9,11,21,23H,4-6,10,12-20H2. The van der Waals surface area contributed by atoms with Gasteiger partial charge >= 0.3 is 0 Å². The van der Waals surface area contributed by atoms with Crippen molar-refractivity contribution in [1.82, 2.24) is 14.1 Å². The maximum absolute atomic E-state index is 13.4. The lowest BCUT2D eigenvalue weighted by Gasteiger charge is -2.38. The largest absolute Gasteiger partial charge is 0.303 e. The number of nitrogens with zero attached hydrogens (tertiary/aromatic N) is 3.